The van der Waals surface area contributed by atoms with Gasteiger partial charge in [-0.25, -0.2) is 0 Å². The fourth-order valence-corrected chi connectivity index (χ4v) is 7.33. The highest BCUT2D eigenvalue weighted by Gasteiger charge is 2.23. The molecule has 346 valence electrons. The van der Waals surface area contributed by atoms with E-state index in [-0.39, 0.29) is 24.9 Å². The predicted octanol–water partition coefficient (Wildman–Crippen LogP) is 15.0. The zero-order valence-electron chi connectivity index (χ0n) is 39.3. The van der Waals surface area contributed by atoms with E-state index in [1.54, 1.807) is 0 Å². The van der Waals surface area contributed by atoms with Gasteiger partial charge in [0.15, 0.2) is 0 Å². The smallest absolute Gasteiger partial charge is 0.306 e. The van der Waals surface area contributed by atoms with Gasteiger partial charge in [-0.15, -0.1) is 0 Å². The molecule has 3 atom stereocenters. The molecule has 1 amide bonds. The highest BCUT2D eigenvalue weighted by molar-refractivity contribution is 5.77. The normalized spacial score (nSPS) is 13.9. The van der Waals surface area contributed by atoms with Crippen molar-refractivity contribution in [1.29, 1.82) is 0 Å². The maximum absolute atomic E-state index is 13.1. The molecule has 3 N–H and O–H groups in total. The Balaban J connectivity index is 4.61. The van der Waals surface area contributed by atoms with Crippen LogP contribution in [0.15, 0.2) is 72.9 Å². The lowest BCUT2D eigenvalue weighted by atomic mass is 10.0. The number of aliphatic hydroxyl groups is 2. The van der Waals surface area contributed by atoms with Crippen LogP contribution in [0, 0.1) is 0 Å². The van der Waals surface area contributed by atoms with Gasteiger partial charge >= 0.3 is 5.97 Å². The van der Waals surface area contributed by atoms with Crippen LogP contribution in [0.1, 0.15) is 233 Å². The first-order valence-corrected chi connectivity index (χ1v) is 25.2. The summed E-state index contributed by atoms with van der Waals surface area (Å²) in [6.07, 6.45) is 59.9. The Morgan fingerprint density at radius 2 is 0.933 bits per heavy atom. The van der Waals surface area contributed by atoms with Gasteiger partial charge in [-0.2, -0.15) is 0 Å². The quantitative estimate of drug-likeness (QED) is 0.0246. The molecule has 0 saturated heterocycles. The monoisotopic (exact) mass is 838 g/mol. The van der Waals surface area contributed by atoms with Crippen LogP contribution in [0.4, 0.5) is 0 Å². The maximum Gasteiger partial charge on any atom is 0.306 e. The standard InChI is InChI=1S/C54H95NO5/c1-4-7-10-13-16-19-22-24-25-26-27-29-31-34-37-40-43-46-52(57)51(49-56)55-53(58)48-50(45-42-39-36-33-30-21-18-15-12-9-6-3)60-54(59)47-44-41-38-35-32-28-23-20-17-14-11-8-5-2/h9,12,15,18,21,28,30,32-33,36,39,42,50-52,56-57H,4-8,10-11,13-14,16-17,19-20,22-27,29,31,34-35,37-38,40-41,43-49H2,1-3H3,(H,55,58)/b12-9+,18-15+,30-21-,32-28-,36-33-,42-39+. The Kier molecular flexibility index (Phi) is 45.2. The van der Waals surface area contributed by atoms with Crippen LogP contribution >= 0.6 is 0 Å². The van der Waals surface area contributed by atoms with Gasteiger partial charge in [0, 0.05) is 12.8 Å². The second-order valence-electron chi connectivity index (χ2n) is 17.0. The van der Waals surface area contributed by atoms with E-state index in [0.29, 0.717) is 19.3 Å². The molecular weight excluding hydrogens is 743 g/mol. The van der Waals surface area contributed by atoms with Crippen LogP contribution < -0.4 is 5.32 Å². The molecule has 0 aromatic carbocycles. The van der Waals surface area contributed by atoms with Crippen molar-refractivity contribution < 1.29 is 24.5 Å². The minimum atomic E-state index is -0.822. The third-order valence-electron chi connectivity index (χ3n) is 11.1. The molecule has 0 rings (SSSR count). The minimum Gasteiger partial charge on any atom is -0.461 e. The maximum atomic E-state index is 13.1. The van der Waals surface area contributed by atoms with Crippen LogP contribution in [0.2, 0.25) is 0 Å². The van der Waals surface area contributed by atoms with E-state index in [1.165, 1.54) is 128 Å². The number of esters is 1. The number of carbonyl (C=O) groups is 2. The van der Waals surface area contributed by atoms with Crippen molar-refractivity contribution in [2.45, 2.75) is 251 Å². The average Bonchev–Trinajstić information content (AvgIpc) is 3.24. The highest BCUT2D eigenvalue weighted by Crippen LogP contribution is 2.16. The number of hydrogen-bond donors (Lipinski definition) is 3. The summed E-state index contributed by atoms with van der Waals surface area (Å²) < 4.78 is 5.82. The molecule has 0 heterocycles. The van der Waals surface area contributed by atoms with Crippen LogP contribution in [-0.2, 0) is 14.3 Å². The molecule has 0 saturated carbocycles. The molecule has 0 aliphatic rings. The summed E-state index contributed by atoms with van der Waals surface area (Å²) in [5.41, 5.74) is 0. The van der Waals surface area contributed by atoms with Crippen molar-refractivity contribution in [2.24, 2.45) is 0 Å². The topological polar surface area (TPSA) is 95.9 Å². The lowest BCUT2D eigenvalue weighted by molar-refractivity contribution is -0.150. The Hall–Kier alpha value is -2.70. The summed E-state index contributed by atoms with van der Waals surface area (Å²) in [4.78, 5) is 26.0. The molecule has 6 nitrogen and oxygen atoms in total. The zero-order chi connectivity index (χ0) is 43.8. The molecule has 0 bridgehead atoms. The van der Waals surface area contributed by atoms with Gasteiger partial charge < -0.3 is 20.3 Å². The van der Waals surface area contributed by atoms with E-state index in [2.05, 4.69) is 44.3 Å². The Morgan fingerprint density at radius 1 is 0.517 bits per heavy atom. The van der Waals surface area contributed by atoms with Crippen molar-refractivity contribution in [3.8, 4) is 0 Å². The van der Waals surface area contributed by atoms with E-state index in [9.17, 15) is 19.8 Å². The van der Waals surface area contributed by atoms with E-state index < -0.39 is 18.2 Å². The van der Waals surface area contributed by atoms with Gasteiger partial charge in [-0.1, -0.05) is 241 Å². The second kappa shape index (κ2) is 47.4. The minimum absolute atomic E-state index is 0.0263. The van der Waals surface area contributed by atoms with Crippen LogP contribution in [0.3, 0.4) is 0 Å². The molecule has 0 fully saturated rings. The third-order valence-corrected chi connectivity index (χ3v) is 11.1. The van der Waals surface area contributed by atoms with Gasteiger partial charge in [-0.3, -0.25) is 9.59 Å². The van der Waals surface area contributed by atoms with Crippen molar-refractivity contribution in [1.82, 2.24) is 5.32 Å². The van der Waals surface area contributed by atoms with Crippen LogP contribution in [-0.4, -0.2) is 46.9 Å². The van der Waals surface area contributed by atoms with Crippen molar-refractivity contribution in [3.05, 3.63) is 72.9 Å². The molecule has 0 aromatic heterocycles. The van der Waals surface area contributed by atoms with Crippen molar-refractivity contribution in [2.75, 3.05) is 6.61 Å². The molecule has 0 aromatic rings. The number of nitrogens with one attached hydrogen (secondary N) is 1. The summed E-state index contributed by atoms with van der Waals surface area (Å²) in [6.45, 7) is 6.29. The summed E-state index contributed by atoms with van der Waals surface area (Å²) >= 11 is 0. The van der Waals surface area contributed by atoms with Gasteiger partial charge in [0.05, 0.1) is 25.2 Å². The summed E-state index contributed by atoms with van der Waals surface area (Å²) in [5.74, 6) is -0.628. The van der Waals surface area contributed by atoms with Gasteiger partial charge in [0.25, 0.3) is 0 Å². The van der Waals surface area contributed by atoms with Gasteiger partial charge in [0.1, 0.15) is 6.10 Å². The van der Waals surface area contributed by atoms with E-state index in [1.807, 2.05) is 54.7 Å². The fourth-order valence-electron chi connectivity index (χ4n) is 7.33. The zero-order valence-corrected chi connectivity index (χ0v) is 39.3. The van der Waals surface area contributed by atoms with Crippen LogP contribution in [0.5, 0.6) is 0 Å². The number of allylic oxidation sites excluding steroid dienone is 11. The Morgan fingerprint density at radius 3 is 1.40 bits per heavy atom. The lowest BCUT2D eigenvalue weighted by Crippen LogP contribution is -2.46. The largest absolute Gasteiger partial charge is 0.461 e. The number of ether oxygens (including phenoxy) is 1. The van der Waals surface area contributed by atoms with E-state index in [0.717, 1.165) is 57.8 Å². The van der Waals surface area contributed by atoms with Crippen molar-refractivity contribution >= 4 is 11.9 Å². The molecule has 6 heteroatoms. The average molecular weight is 838 g/mol. The number of aliphatic hydroxyl groups excluding tert-OH is 2. The highest BCUT2D eigenvalue weighted by atomic mass is 16.5. The number of unbranched alkanes of at least 4 members (excludes halogenated alkanes) is 25. The van der Waals surface area contributed by atoms with E-state index in [4.69, 9.17) is 4.74 Å². The van der Waals surface area contributed by atoms with Crippen molar-refractivity contribution in [3.63, 3.8) is 0 Å². The first-order chi connectivity index (χ1) is 29.5. The van der Waals surface area contributed by atoms with Gasteiger partial charge in [-0.05, 0) is 44.9 Å². The lowest BCUT2D eigenvalue weighted by Gasteiger charge is -2.24. The number of amides is 1. The van der Waals surface area contributed by atoms with Crippen LogP contribution in [0.25, 0.3) is 0 Å². The molecule has 0 aliphatic carbocycles. The summed E-state index contributed by atoms with van der Waals surface area (Å²) in [6, 6.07) is -0.744. The Labute approximate surface area is 371 Å². The molecule has 60 heavy (non-hydrogen) atoms. The predicted molar refractivity (Wildman–Crippen MR) is 259 cm³/mol. The SMILES string of the molecule is CC/C=C/C=C/C=C\C=C/C=C/CC(CC(=O)NC(CO)C(O)CCCCCCCCCCCCCCCCCCC)OC(=O)CCCCC/C=C\CCCCCCCC. The second-order valence-corrected chi connectivity index (χ2v) is 17.0. The van der Waals surface area contributed by atoms with E-state index >= 15 is 0 Å². The fraction of sp³-hybridized carbons (Fsp3) is 0.741. The molecular formula is C54H95NO5. The Bertz CT molecular complexity index is 1120. The molecule has 3 unspecified atom stereocenters. The molecule has 0 aliphatic heterocycles. The number of rotatable bonds is 44. The first kappa shape index (κ1) is 57.3. The molecule has 0 spiro atoms. The number of hydrogen-bond acceptors (Lipinski definition) is 5. The summed E-state index contributed by atoms with van der Waals surface area (Å²) in [7, 11) is 0. The molecule has 0 radical (unpaired) electrons. The first-order valence-electron chi connectivity index (χ1n) is 25.2. The number of carbonyl (C=O) groups excluding carboxylic acids is 2. The van der Waals surface area contributed by atoms with Gasteiger partial charge in [0.2, 0.25) is 5.91 Å². The summed E-state index contributed by atoms with van der Waals surface area (Å²) in [5, 5.41) is 23.7. The third kappa shape index (κ3) is 42.0.